The van der Waals surface area contributed by atoms with E-state index in [1.807, 2.05) is 0 Å². The van der Waals surface area contributed by atoms with E-state index in [1.54, 1.807) is 6.08 Å². The van der Waals surface area contributed by atoms with Crippen molar-refractivity contribution in [3.63, 3.8) is 0 Å². The van der Waals surface area contributed by atoms with E-state index in [2.05, 4.69) is 23.5 Å². The highest BCUT2D eigenvalue weighted by Crippen LogP contribution is 1.94. The Labute approximate surface area is 94.8 Å². The van der Waals surface area contributed by atoms with E-state index in [1.165, 1.54) is 0 Å². The van der Waals surface area contributed by atoms with Crippen LogP contribution in [-0.2, 0) is 0 Å². The maximum atomic E-state index is 5.45. The van der Waals surface area contributed by atoms with E-state index >= 15 is 0 Å². The molecule has 0 aromatic carbocycles. The maximum Gasteiger partial charge on any atom is 0.189 e. The van der Waals surface area contributed by atoms with Gasteiger partial charge in [-0.05, 0) is 0 Å². The lowest BCUT2D eigenvalue weighted by molar-refractivity contribution is 1.00. The van der Waals surface area contributed by atoms with Gasteiger partial charge in [-0.1, -0.05) is 24.3 Å². The van der Waals surface area contributed by atoms with Crippen molar-refractivity contribution in [2.75, 3.05) is 13.1 Å². The molecule has 0 spiro atoms. The van der Waals surface area contributed by atoms with Crippen LogP contribution in [0, 0.1) is 0 Å². The minimum atomic E-state index is 0. The van der Waals surface area contributed by atoms with Crippen LogP contribution < -0.4 is 11.1 Å². The molecule has 0 aliphatic carbocycles. The predicted molar refractivity (Wildman–Crippen MR) is 65.1 cm³/mol. The third-order valence-electron chi connectivity index (χ3n) is 0.848. The number of rotatable bonds is 4. The zero-order valence-electron chi connectivity index (χ0n) is 6.72. The highest BCUT2D eigenvalue weighted by atomic mass is 127. The molecule has 0 saturated heterocycles. The van der Waals surface area contributed by atoms with Crippen molar-refractivity contribution < 1.29 is 0 Å². The second-order valence-electron chi connectivity index (χ2n) is 1.89. The summed E-state index contributed by atoms with van der Waals surface area (Å²) < 4.78 is 0. The number of nitrogens with one attached hydrogen (secondary N) is 1. The van der Waals surface area contributed by atoms with Gasteiger partial charge in [0.05, 0.1) is 6.54 Å². The normalized spacial score (nSPS) is 9.92. The van der Waals surface area contributed by atoms with Crippen LogP contribution in [0.1, 0.15) is 0 Å². The Morgan fingerprint density at radius 2 is 2.25 bits per heavy atom. The van der Waals surface area contributed by atoms with E-state index in [-0.39, 0.29) is 24.0 Å². The number of aliphatic imine (C=N–C) groups is 1. The smallest absolute Gasteiger partial charge is 0.189 e. The average molecular weight is 302 g/mol. The van der Waals surface area contributed by atoms with Gasteiger partial charge in [0.25, 0.3) is 0 Å². The highest BCUT2D eigenvalue weighted by molar-refractivity contribution is 14.0. The first-order chi connectivity index (χ1) is 5.16. The summed E-state index contributed by atoms with van der Waals surface area (Å²) in [4.78, 5) is 3.87. The van der Waals surface area contributed by atoms with Crippen molar-refractivity contribution in [2.45, 2.75) is 0 Å². The molecule has 0 bridgehead atoms. The van der Waals surface area contributed by atoms with Crippen LogP contribution in [-0.4, -0.2) is 19.0 Å². The van der Waals surface area contributed by atoms with E-state index in [4.69, 9.17) is 17.3 Å². The molecule has 12 heavy (non-hydrogen) atoms. The van der Waals surface area contributed by atoms with Crippen LogP contribution in [0.15, 0.2) is 29.3 Å². The Bertz CT molecular complexity index is 179. The first kappa shape index (κ1) is 14.3. The lowest BCUT2D eigenvalue weighted by Gasteiger charge is -2.00. The summed E-state index contributed by atoms with van der Waals surface area (Å²) in [5, 5.41) is 3.26. The van der Waals surface area contributed by atoms with Crippen molar-refractivity contribution in [1.82, 2.24) is 5.32 Å². The van der Waals surface area contributed by atoms with Crippen molar-refractivity contribution in [2.24, 2.45) is 10.7 Å². The number of hydrogen-bond donors (Lipinski definition) is 2. The fourth-order valence-electron chi connectivity index (χ4n) is 0.404. The molecule has 0 unspecified atom stereocenters. The molecule has 0 aliphatic rings. The van der Waals surface area contributed by atoms with E-state index in [0.717, 1.165) is 0 Å². The minimum Gasteiger partial charge on any atom is -0.370 e. The van der Waals surface area contributed by atoms with Crippen molar-refractivity contribution in [3.05, 3.63) is 24.3 Å². The van der Waals surface area contributed by atoms with Crippen molar-refractivity contribution in [1.29, 1.82) is 0 Å². The second kappa shape index (κ2) is 8.86. The first-order valence-corrected chi connectivity index (χ1v) is 3.52. The summed E-state index contributed by atoms with van der Waals surface area (Å²) in [6.45, 7) is 7.92. The summed E-state index contributed by atoms with van der Waals surface area (Å²) >= 11 is 5.45. The highest BCUT2D eigenvalue weighted by Gasteiger charge is 1.87. The molecule has 0 radical (unpaired) electrons. The molecule has 3 N–H and O–H groups in total. The SMILES string of the molecule is C=CCNC(N)=NCC(=C)Cl.I. The number of guanidine groups is 1. The van der Waals surface area contributed by atoms with Gasteiger partial charge in [0, 0.05) is 11.6 Å². The molecule has 3 nitrogen and oxygen atoms in total. The predicted octanol–water partition coefficient (Wildman–Crippen LogP) is 1.45. The Kier molecular flexibility index (Phi) is 10.6. The molecular weight excluding hydrogens is 288 g/mol. The van der Waals surface area contributed by atoms with Gasteiger partial charge in [0.2, 0.25) is 0 Å². The van der Waals surface area contributed by atoms with Gasteiger partial charge >= 0.3 is 0 Å². The molecular formula is C7H13ClIN3. The summed E-state index contributed by atoms with van der Waals surface area (Å²) in [5.41, 5.74) is 5.40. The molecule has 0 aromatic heterocycles. The zero-order chi connectivity index (χ0) is 8.69. The average Bonchev–Trinajstić information content (AvgIpc) is 1.97. The fraction of sp³-hybridized carbons (Fsp3) is 0.286. The molecule has 0 amide bonds. The van der Waals surface area contributed by atoms with Crippen LogP contribution in [0.2, 0.25) is 0 Å². The Morgan fingerprint density at radius 1 is 1.67 bits per heavy atom. The van der Waals surface area contributed by atoms with Gasteiger partial charge in [0.1, 0.15) is 0 Å². The van der Waals surface area contributed by atoms with Gasteiger partial charge < -0.3 is 11.1 Å². The minimum absolute atomic E-state index is 0. The van der Waals surface area contributed by atoms with Crippen LogP contribution in [0.5, 0.6) is 0 Å². The summed E-state index contributed by atoms with van der Waals surface area (Å²) in [6, 6.07) is 0. The topological polar surface area (TPSA) is 50.4 Å². The maximum absolute atomic E-state index is 5.45. The lowest BCUT2D eigenvalue weighted by atomic mass is 10.6. The van der Waals surface area contributed by atoms with E-state index in [9.17, 15) is 0 Å². The molecule has 0 aromatic rings. The summed E-state index contributed by atoms with van der Waals surface area (Å²) in [7, 11) is 0. The van der Waals surface area contributed by atoms with Gasteiger partial charge in [-0.2, -0.15) is 0 Å². The Balaban J connectivity index is 0. The van der Waals surface area contributed by atoms with Gasteiger partial charge in [-0.15, -0.1) is 30.6 Å². The molecule has 5 heteroatoms. The third kappa shape index (κ3) is 9.77. The third-order valence-corrected chi connectivity index (χ3v) is 0.968. The van der Waals surface area contributed by atoms with Crippen LogP contribution >= 0.6 is 35.6 Å². The monoisotopic (exact) mass is 301 g/mol. The fourth-order valence-corrected chi connectivity index (χ4v) is 0.463. The molecule has 0 aliphatic heterocycles. The van der Waals surface area contributed by atoms with Gasteiger partial charge in [-0.25, -0.2) is 4.99 Å². The standard InChI is InChI=1S/C7H12ClN3.HI/c1-3-4-10-7(9)11-5-6(2)8;/h3H,1-2,4-5H2,(H3,9,10,11);1H. The van der Waals surface area contributed by atoms with Crippen LogP contribution in [0.4, 0.5) is 0 Å². The van der Waals surface area contributed by atoms with Crippen molar-refractivity contribution >= 4 is 41.5 Å². The number of hydrogen-bond acceptors (Lipinski definition) is 1. The van der Waals surface area contributed by atoms with E-state index in [0.29, 0.717) is 24.1 Å². The molecule has 0 heterocycles. The van der Waals surface area contributed by atoms with E-state index < -0.39 is 0 Å². The summed E-state index contributed by atoms with van der Waals surface area (Å²) in [6.07, 6.45) is 1.69. The molecule has 0 atom stereocenters. The Hall–Kier alpha value is -0.230. The van der Waals surface area contributed by atoms with Gasteiger partial charge in [0.15, 0.2) is 5.96 Å². The summed E-state index contributed by atoms with van der Waals surface area (Å²) in [5.74, 6) is 0.353. The lowest BCUT2D eigenvalue weighted by Crippen LogP contribution is -2.31. The quantitative estimate of drug-likeness (QED) is 0.357. The molecule has 0 fully saturated rings. The second-order valence-corrected chi connectivity index (χ2v) is 2.42. The van der Waals surface area contributed by atoms with Crippen LogP contribution in [0.3, 0.4) is 0 Å². The zero-order valence-corrected chi connectivity index (χ0v) is 9.80. The van der Waals surface area contributed by atoms with Crippen molar-refractivity contribution in [3.8, 4) is 0 Å². The Morgan fingerprint density at radius 3 is 2.67 bits per heavy atom. The van der Waals surface area contributed by atoms with Gasteiger partial charge in [-0.3, -0.25) is 0 Å². The molecule has 70 valence electrons. The molecule has 0 rings (SSSR count). The first-order valence-electron chi connectivity index (χ1n) is 3.14. The number of nitrogens with two attached hydrogens (primary N) is 1. The largest absolute Gasteiger partial charge is 0.370 e. The number of halogens is 2. The number of nitrogens with zero attached hydrogens (tertiary/aromatic N) is 1. The van der Waals surface area contributed by atoms with Crippen LogP contribution in [0.25, 0.3) is 0 Å². The molecule has 0 saturated carbocycles.